The van der Waals surface area contributed by atoms with Gasteiger partial charge < -0.3 is 4.74 Å². The highest BCUT2D eigenvalue weighted by molar-refractivity contribution is 8.16. The summed E-state index contributed by atoms with van der Waals surface area (Å²) in [6, 6.07) is 0. The molecule has 0 saturated heterocycles. The van der Waals surface area contributed by atoms with Crippen LogP contribution in [0.2, 0.25) is 0 Å². The normalized spacial score (nSPS) is 14.5. The summed E-state index contributed by atoms with van der Waals surface area (Å²) in [5.74, 6) is 0.162. The number of ether oxygens (including phenoxy) is 1. The van der Waals surface area contributed by atoms with Crippen molar-refractivity contribution in [2.45, 2.75) is 39.5 Å². The van der Waals surface area contributed by atoms with E-state index in [1.54, 1.807) is 0 Å². The zero-order valence-corrected chi connectivity index (χ0v) is 13.7. The van der Waals surface area contributed by atoms with E-state index in [0.717, 1.165) is 10.8 Å². The van der Waals surface area contributed by atoms with Gasteiger partial charge in [-0.3, -0.25) is 0 Å². The van der Waals surface area contributed by atoms with E-state index >= 15 is 0 Å². The van der Waals surface area contributed by atoms with Gasteiger partial charge in [-0.15, -0.1) is 0 Å². The molecule has 0 aromatic rings. The third-order valence-corrected chi connectivity index (χ3v) is 3.42. The summed E-state index contributed by atoms with van der Waals surface area (Å²) >= 11 is 0. The van der Waals surface area contributed by atoms with Crippen molar-refractivity contribution in [2.24, 2.45) is 0 Å². The van der Waals surface area contributed by atoms with E-state index in [9.17, 15) is 16.8 Å². The van der Waals surface area contributed by atoms with Crippen molar-refractivity contribution in [1.82, 2.24) is 0 Å². The van der Waals surface area contributed by atoms with Crippen molar-refractivity contribution < 1.29 is 21.6 Å². The predicted octanol–water partition coefficient (Wildman–Crippen LogP) is 3.42. The molecular formula is C10H16Cl2O5S2. The van der Waals surface area contributed by atoms with Gasteiger partial charge in [0, 0.05) is 34.2 Å². The molecule has 0 heterocycles. The smallest absolute Gasteiger partial charge is 0.257 e. The van der Waals surface area contributed by atoms with Crippen molar-refractivity contribution in [2.75, 3.05) is 0 Å². The molecule has 19 heavy (non-hydrogen) atoms. The second-order valence-corrected chi connectivity index (χ2v) is 8.68. The lowest BCUT2D eigenvalue weighted by molar-refractivity contribution is 0.277. The van der Waals surface area contributed by atoms with Crippen LogP contribution in [0.25, 0.3) is 0 Å². The average molecular weight is 351 g/mol. The minimum absolute atomic E-state index is 0.0810. The summed E-state index contributed by atoms with van der Waals surface area (Å²) < 4.78 is 49.2. The molecule has 5 nitrogen and oxygen atoms in total. The molecule has 0 amide bonds. The second-order valence-electron chi connectivity index (χ2n) is 3.72. The van der Waals surface area contributed by atoms with Crippen molar-refractivity contribution in [1.29, 1.82) is 0 Å². The topological polar surface area (TPSA) is 77.5 Å². The molecule has 0 unspecified atom stereocenters. The molecule has 0 rings (SSSR count). The Balaban J connectivity index is 5.29. The number of rotatable bonds is 8. The summed E-state index contributed by atoms with van der Waals surface area (Å²) in [6.45, 7) is 3.64. The van der Waals surface area contributed by atoms with Crippen LogP contribution in [0.4, 0.5) is 0 Å². The summed E-state index contributed by atoms with van der Waals surface area (Å²) in [4.78, 5) is 0. The number of hydrogen-bond donors (Lipinski definition) is 0. The first-order valence-electron chi connectivity index (χ1n) is 5.55. The molecule has 0 N–H and O–H groups in total. The van der Waals surface area contributed by atoms with Gasteiger partial charge in [-0.1, -0.05) is 13.8 Å². The zero-order chi connectivity index (χ0) is 15.1. The average Bonchev–Trinajstić information content (AvgIpc) is 2.12. The summed E-state index contributed by atoms with van der Waals surface area (Å²) in [7, 11) is 2.47. The van der Waals surface area contributed by atoms with Crippen LogP contribution >= 0.6 is 21.4 Å². The van der Waals surface area contributed by atoms with E-state index in [4.69, 9.17) is 26.1 Å². The Morgan fingerprint density at radius 3 is 1.42 bits per heavy atom. The molecule has 0 aromatic heterocycles. The SMILES string of the molecule is CCCC(=CS(=O)(=O)Cl)OC(=CS(=O)(=O)Cl)CCC. The van der Waals surface area contributed by atoms with E-state index in [1.165, 1.54) is 0 Å². The summed E-state index contributed by atoms with van der Waals surface area (Å²) in [6.07, 6.45) is 1.86. The maximum atomic E-state index is 11.0. The molecule has 0 aliphatic carbocycles. The van der Waals surface area contributed by atoms with Crippen LogP contribution in [0.3, 0.4) is 0 Å². The lowest BCUT2D eigenvalue weighted by Gasteiger charge is -2.11. The van der Waals surface area contributed by atoms with Gasteiger partial charge in [0.1, 0.15) is 11.5 Å². The van der Waals surface area contributed by atoms with Crippen molar-refractivity contribution in [3.05, 3.63) is 22.3 Å². The van der Waals surface area contributed by atoms with Crippen LogP contribution in [-0.4, -0.2) is 16.8 Å². The van der Waals surface area contributed by atoms with Crippen LogP contribution in [0.1, 0.15) is 39.5 Å². The summed E-state index contributed by atoms with van der Waals surface area (Å²) in [5, 5.41) is 1.53. The molecular weight excluding hydrogens is 335 g/mol. The van der Waals surface area contributed by atoms with Gasteiger partial charge in [0.05, 0.1) is 10.8 Å². The first kappa shape index (κ1) is 18.8. The summed E-state index contributed by atoms with van der Waals surface area (Å²) in [5.41, 5.74) is 0. The minimum atomic E-state index is -3.87. The largest absolute Gasteiger partial charge is 0.465 e. The fourth-order valence-electron chi connectivity index (χ4n) is 1.24. The molecule has 0 bridgehead atoms. The van der Waals surface area contributed by atoms with Gasteiger partial charge in [0.15, 0.2) is 0 Å². The van der Waals surface area contributed by atoms with Crippen molar-refractivity contribution >= 4 is 39.5 Å². The third kappa shape index (κ3) is 11.3. The Hall–Kier alpha value is -0.240. The van der Waals surface area contributed by atoms with Crippen molar-refractivity contribution in [3.8, 4) is 0 Å². The molecule has 9 heteroatoms. The quantitative estimate of drug-likeness (QED) is 0.495. The zero-order valence-electron chi connectivity index (χ0n) is 10.6. The molecule has 0 fully saturated rings. The Kier molecular flexibility index (Phi) is 8.03. The maximum Gasteiger partial charge on any atom is 0.257 e. The lowest BCUT2D eigenvalue weighted by atomic mass is 10.3. The number of halogens is 2. The van der Waals surface area contributed by atoms with Crippen LogP contribution in [-0.2, 0) is 22.8 Å². The number of allylic oxidation sites excluding steroid dienone is 2. The predicted molar refractivity (Wildman–Crippen MR) is 76.6 cm³/mol. The Bertz CT molecular complexity index is 496. The van der Waals surface area contributed by atoms with Gasteiger partial charge in [-0.2, -0.15) is 0 Å². The van der Waals surface area contributed by atoms with E-state index in [1.807, 2.05) is 13.8 Å². The fraction of sp³-hybridized carbons (Fsp3) is 0.600. The van der Waals surface area contributed by atoms with Gasteiger partial charge in [-0.25, -0.2) is 16.8 Å². The van der Waals surface area contributed by atoms with E-state index < -0.39 is 18.1 Å². The monoisotopic (exact) mass is 350 g/mol. The lowest BCUT2D eigenvalue weighted by Crippen LogP contribution is -1.98. The molecule has 112 valence electrons. The number of hydrogen-bond acceptors (Lipinski definition) is 5. The van der Waals surface area contributed by atoms with Crippen LogP contribution in [0, 0.1) is 0 Å². The molecule has 0 saturated carbocycles. The maximum absolute atomic E-state index is 11.0. The van der Waals surface area contributed by atoms with E-state index in [0.29, 0.717) is 25.7 Å². The molecule has 0 aliphatic rings. The molecule has 0 atom stereocenters. The molecule has 0 aliphatic heterocycles. The highest BCUT2D eigenvalue weighted by atomic mass is 35.7. The van der Waals surface area contributed by atoms with Crippen LogP contribution < -0.4 is 0 Å². The Morgan fingerprint density at radius 1 is 0.895 bits per heavy atom. The van der Waals surface area contributed by atoms with Gasteiger partial charge in [0.2, 0.25) is 0 Å². The van der Waals surface area contributed by atoms with Crippen LogP contribution in [0.5, 0.6) is 0 Å². The van der Waals surface area contributed by atoms with Gasteiger partial charge in [-0.05, 0) is 12.8 Å². The van der Waals surface area contributed by atoms with E-state index in [2.05, 4.69) is 0 Å². The van der Waals surface area contributed by atoms with Crippen molar-refractivity contribution in [3.63, 3.8) is 0 Å². The fourth-order valence-corrected chi connectivity index (χ4v) is 2.80. The first-order valence-corrected chi connectivity index (χ1v) is 10.3. The highest BCUT2D eigenvalue weighted by Crippen LogP contribution is 2.20. The highest BCUT2D eigenvalue weighted by Gasteiger charge is 2.11. The first-order chi connectivity index (χ1) is 8.57. The van der Waals surface area contributed by atoms with Gasteiger partial charge in [0.25, 0.3) is 18.1 Å². The second kappa shape index (κ2) is 8.14. The molecule has 0 radical (unpaired) electrons. The Morgan fingerprint density at radius 2 is 1.21 bits per heavy atom. The molecule has 0 aromatic carbocycles. The Labute approximate surface area is 123 Å². The minimum Gasteiger partial charge on any atom is -0.465 e. The van der Waals surface area contributed by atoms with Crippen LogP contribution in [0.15, 0.2) is 22.3 Å². The van der Waals surface area contributed by atoms with Gasteiger partial charge >= 0.3 is 0 Å². The molecule has 0 spiro atoms. The third-order valence-electron chi connectivity index (χ3n) is 1.80. The van der Waals surface area contributed by atoms with E-state index in [-0.39, 0.29) is 11.5 Å². The standard InChI is InChI=1S/C10H16Cl2O5S2/c1-3-5-9(7-18(11,13)14)17-10(6-4-2)8-19(12,15)16/h7-8H,3-6H2,1-2H3.